The summed E-state index contributed by atoms with van der Waals surface area (Å²) in [7, 11) is -1.87. The molecular formula is C12H24N4O2S2. The van der Waals surface area contributed by atoms with Crippen molar-refractivity contribution in [3.8, 4) is 0 Å². The van der Waals surface area contributed by atoms with E-state index in [9.17, 15) is 8.42 Å². The van der Waals surface area contributed by atoms with Gasteiger partial charge in [-0.05, 0) is 26.1 Å². The molecule has 0 bridgehead atoms. The first kappa shape index (κ1) is 17.5. The molecule has 1 aromatic heterocycles. The minimum absolute atomic E-state index is 0.310. The topological polar surface area (TPSA) is 78.1 Å². The second kappa shape index (κ2) is 8.02. The predicted molar refractivity (Wildman–Crippen MR) is 83.5 cm³/mol. The molecule has 0 saturated carbocycles. The molecule has 6 nitrogen and oxygen atoms in total. The summed E-state index contributed by atoms with van der Waals surface area (Å²) in [6.45, 7) is 5.61. The zero-order valence-corrected chi connectivity index (χ0v) is 14.2. The maximum atomic E-state index is 12.6. The molecule has 0 atom stereocenters. The van der Waals surface area contributed by atoms with Gasteiger partial charge in [0.25, 0.3) is 0 Å². The van der Waals surface area contributed by atoms with Crippen molar-refractivity contribution in [3.05, 3.63) is 11.4 Å². The minimum Gasteiger partial charge on any atom is -0.311 e. The van der Waals surface area contributed by atoms with Crippen LogP contribution in [-0.2, 0) is 16.6 Å². The maximum Gasteiger partial charge on any atom is 0.246 e. The third-order valence-electron chi connectivity index (χ3n) is 2.96. The van der Waals surface area contributed by atoms with Gasteiger partial charge in [0.1, 0.15) is 4.90 Å². The summed E-state index contributed by atoms with van der Waals surface area (Å²) in [6.07, 6.45) is 2.96. The minimum atomic E-state index is -3.48. The van der Waals surface area contributed by atoms with Gasteiger partial charge in [0.15, 0.2) is 0 Å². The Kier molecular flexibility index (Phi) is 7.01. The van der Waals surface area contributed by atoms with E-state index in [2.05, 4.69) is 22.4 Å². The van der Waals surface area contributed by atoms with E-state index in [0.717, 1.165) is 18.7 Å². The van der Waals surface area contributed by atoms with Gasteiger partial charge in [-0.15, -0.1) is 0 Å². The van der Waals surface area contributed by atoms with Gasteiger partial charge >= 0.3 is 0 Å². The fraction of sp³-hybridized carbons (Fsp3) is 0.750. The third-order valence-corrected chi connectivity index (χ3v) is 5.61. The molecule has 0 radical (unpaired) electrons. The lowest BCUT2D eigenvalue weighted by Gasteiger charge is -2.17. The van der Waals surface area contributed by atoms with Crippen LogP contribution in [0.3, 0.4) is 0 Å². The highest BCUT2D eigenvalue weighted by atomic mass is 32.2. The van der Waals surface area contributed by atoms with Crippen LogP contribution in [0.5, 0.6) is 0 Å². The molecule has 0 aliphatic rings. The number of hydrogen-bond donors (Lipinski definition) is 2. The third kappa shape index (κ3) is 4.21. The van der Waals surface area contributed by atoms with Gasteiger partial charge < -0.3 is 5.32 Å². The van der Waals surface area contributed by atoms with Crippen molar-refractivity contribution < 1.29 is 8.42 Å². The highest BCUT2D eigenvalue weighted by Crippen LogP contribution is 2.21. The van der Waals surface area contributed by atoms with E-state index < -0.39 is 10.0 Å². The van der Waals surface area contributed by atoms with Gasteiger partial charge in [-0.3, -0.25) is 5.10 Å². The van der Waals surface area contributed by atoms with Crippen molar-refractivity contribution in [2.45, 2.75) is 31.7 Å². The predicted octanol–water partition coefficient (Wildman–Crippen LogP) is 1.20. The van der Waals surface area contributed by atoms with Gasteiger partial charge in [0, 0.05) is 25.9 Å². The maximum absolute atomic E-state index is 12.6. The van der Waals surface area contributed by atoms with Crippen molar-refractivity contribution in [2.75, 3.05) is 32.1 Å². The Balaban J connectivity index is 2.95. The molecule has 0 fully saturated rings. The summed E-state index contributed by atoms with van der Waals surface area (Å²) in [5.74, 6) is 0.774. The fourth-order valence-electron chi connectivity index (χ4n) is 1.81. The van der Waals surface area contributed by atoms with Crippen LogP contribution in [0.1, 0.15) is 24.7 Å². The van der Waals surface area contributed by atoms with Crippen molar-refractivity contribution in [1.29, 1.82) is 0 Å². The molecule has 20 heavy (non-hydrogen) atoms. The molecule has 0 aromatic carbocycles. The summed E-state index contributed by atoms with van der Waals surface area (Å²) in [6, 6.07) is 0. The van der Waals surface area contributed by atoms with Crippen molar-refractivity contribution >= 4 is 21.8 Å². The largest absolute Gasteiger partial charge is 0.311 e. The number of H-pyrrole nitrogens is 1. The van der Waals surface area contributed by atoms with Crippen LogP contribution in [-0.4, -0.2) is 55.1 Å². The normalized spacial score (nSPS) is 12.2. The van der Waals surface area contributed by atoms with Crippen LogP contribution in [0.15, 0.2) is 4.90 Å². The first-order valence-electron chi connectivity index (χ1n) is 6.65. The second-order valence-corrected chi connectivity index (χ2v) is 7.59. The van der Waals surface area contributed by atoms with Crippen LogP contribution >= 0.6 is 11.8 Å². The fourth-order valence-corrected chi connectivity index (χ4v) is 3.87. The Morgan fingerprint density at radius 3 is 2.75 bits per heavy atom. The summed E-state index contributed by atoms with van der Waals surface area (Å²) < 4.78 is 26.6. The van der Waals surface area contributed by atoms with Gasteiger partial charge in [0.05, 0.1) is 11.4 Å². The first-order valence-corrected chi connectivity index (χ1v) is 9.48. The smallest absolute Gasteiger partial charge is 0.246 e. The van der Waals surface area contributed by atoms with Crippen molar-refractivity contribution in [2.24, 2.45) is 0 Å². The molecule has 0 saturated heterocycles. The van der Waals surface area contributed by atoms with Crippen molar-refractivity contribution in [3.63, 3.8) is 0 Å². The molecule has 1 aromatic rings. The average molecular weight is 320 g/mol. The summed E-state index contributed by atoms with van der Waals surface area (Å²) in [5, 5.41) is 10.1. The molecule has 2 N–H and O–H groups in total. The quantitative estimate of drug-likeness (QED) is 0.669. The van der Waals surface area contributed by atoms with E-state index in [1.165, 1.54) is 4.31 Å². The number of hydrogen-bond acceptors (Lipinski definition) is 5. The standard InChI is InChI=1S/C12H24N4O2S2/c1-5-6-13-9-11-12(10(2)14-15-11)20(17,18)16(3)7-8-19-4/h13H,5-9H2,1-4H3,(H,14,15). The lowest BCUT2D eigenvalue weighted by molar-refractivity contribution is 0.486. The Morgan fingerprint density at radius 1 is 1.45 bits per heavy atom. The lowest BCUT2D eigenvalue weighted by Crippen LogP contribution is -2.30. The van der Waals surface area contributed by atoms with Crippen LogP contribution in [0.25, 0.3) is 0 Å². The Bertz CT molecular complexity index is 514. The monoisotopic (exact) mass is 320 g/mol. The number of aromatic nitrogens is 2. The van der Waals surface area contributed by atoms with E-state index in [0.29, 0.717) is 29.4 Å². The molecule has 0 aliphatic carbocycles. The zero-order valence-electron chi connectivity index (χ0n) is 12.6. The highest BCUT2D eigenvalue weighted by molar-refractivity contribution is 7.98. The summed E-state index contributed by atoms with van der Waals surface area (Å²) in [5.41, 5.74) is 1.15. The lowest BCUT2D eigenvalue weighted by atomic mass is 10.3. The van der Waals surface area contributed by atoms with Gasteiger partial charge in [0.2, 0.25) is 10.0 Å². The molecule has 0 unspecified atom stereocenters. The van der Waals surface area contributed by atoms with E-state index in [-0.39, 0.29) is 0 Å². The molecule has 1 rings (SSSR count). The second-order valence-electron chi connectivity index (χ2n) is 4.62. The van der Waals surface area contributed by atoms with Gasteiger partial charge in [-0.1, -0.05) is 6.92 Å². The number of aromatic amines is 1. The van der Waals surface area contributed by atoms with Crippen LogP contribution in [0, 0.1) is 6.92 Å². The van der Waals surface area contributed by atoms with E-state index in [1.807, 2.05) is 6.26 Å². The number of aryl methyl sites for hydroxylation is 1. The van der Waals surface area contributed by atoms with Crippen molar-refractivity contribution in [1.82, 2.24) is 19.8 Å². The van der Waals surface area contributed by atoms with Crippen LogP contribution in [0.4, 0.5) is 0 Å². The Hall–Kier alpha value is -0.570. The zero-order chi connectivity index (χ0) is 15.2. The van der Waals surface area contributed by atoms with E-state index >= 15 is 0 Å². The molecule has 0 spiro atoms. The summed E-state index contributed by atoms with van der Waals surface area (Å²) in [4.78, 5) is 0.310. The SMILES string of the molecule is CCCNCc1n[nH]c(C)c1S(=O)(=O)N(C)CCSC. The molecular weight excluding hydrogens is 296 g/mol. The van der Waals surface area contributed by atoms with Crippen LogP contribution in [0.2, 0.25) is 0 Å². The molecule has 8 heteroatoms. The number of rotatable bonds is 9. The Morgan fingerprint density at radius 2 is 2.15 bits per heavy atom. The molecule has 0 aliphatic heterocycles. The Labute approximate surface area is 125 Å². The van der Waals surface area contributed by atoms with E-state index in [4.69, 9.17) is 0 Å². The summed E-state index contributed by atoms with van der Waals surface area (Å²) >= 11 is 1.63. The number of sulfonamides is 1. The molecule has 1 heterocycles. The first-order chi connectivity index (χ1) is 9.45. The van der Waals surface area contributed by atoms with E-state index in [1.54, 1.807) is 25.7 Å². The van der Waals surface area contributed by atoms with Gasteiger partial charge in [-0.25, -0.2) is 8.42 Å². The van der Waals surface area contributed by atoms with Crippen LogP contribution < -0.4 is 5.32 Å². The highest BCUT2D eigenvalue weighted by Gasteiger charge is 2.27. The molecule has 116 valence electrons. The van der Waals surface area contributed by atoms with Gasteiger partial charge in [-0.2, -0.15) is 21.2 Å². The number of nitrogens with one attached hydrogen (secondary N) is 2. The number of thioether (sulfide) groups is 1. The average Bonchev–Trinajstić information content (AvgIpc) is 2.78. The number of nitrogens with zero attached hydrogens (tertiary/aromatic N) is 2. The molecule has 0 amide bonds.